The first-order valence-corrected chi connectivity index (χ1v) is 3.90. The number of ether oxygens (including phenoxy) is 1. The van der Waals surface area contributed by atoms with Crippen LogP contribution in [0.25, 0.3) is 0 Å². The number of likely N-dealkylation sites (N-methyl/N-ethyl adjacent to an activating group) is 1. The van der Waals surface area contributed by atoms with Gasteiger partial charge in [-0.15, -0.1) is 0 Å². The molecule has 11 heavy (non-hydrogen) atoms. The summed E-state index contributed by atoms with van der Waals surface area (Å²) < 4.78 is 5.04. The van der Waals surface area contributed by atoms with Gasteiger partial charge in [-0.05, 0) is 13.8 Å². The van der Waals surface area contributed by atoms with E-state index in [1.807, 2.05) is 13.8 Å². The van der Waals surface area contributed by atoms with Gasteiger partial charge >= 0.3 is 0 Å². The molecule has 0 bridgehead atoms. The van der Waals surface area contributed by atoms with E-state index in [-0.39, 0.29) is 12.0 Å². The van der Waals surface area contributed by atoms with Crippen molar-refractivity contribution in [2.24, 2.45) is 0 Å². The highest BCUT2D eigenvalue weighted by atomic mass is 16.5. The molecule has 0 saturated heterocycles. The highest BCUT2D eigenvalue weighted by Crippen LogP contribution is 1.95. The molecule has 1 amide bonds. The fourth-order valence-electron chi connectivity index (χ4n) is 0.865. The Morgan fingerprint density at radius 3 is 2.45 bits per heavy atom. The van der Waals surface area contributed by atoms with Crippen molar-refractivity contribution in [1.82, 2.24) is 4.90 Å². The Labute approximate surface area is 68.3 Å². The van der Waals surface area contributed by atoms with Gasteiger partial charge in [0.1, 0.15) is 0 Å². The monoisotopic (exact) mass is 159 g/mol. The molecule has 0 aliphatic carbocycles. The van der Waals surface area contributed by atoms with Gasteiger partial charge in [0.15, 0.2) is 0 Å². The van der Waals surface area contributed by atoms with Crippen LogP contribution in [0.4, 0.5) is 0 Å². The number of carbonyl (C=O) groups is 1. The third-order valence-corrected chi connectivity index (χ3v) is 1.71. The average molecular weight is 159 g/mol. The van der Waals surface area contributed by atoms with Gasteiger partial charge < -0.3 is 9.64 Å². The van der Waals surface area contributed by atoms with Crippen molar-refractivity contribution >= 4 is 5.91 Å². The van der Waals surface area contributed by atoms with Gasteiger partial charge in [0, 0.05) is 27.1 Å². The maximum atomic E-state index is 10.9. The summed E-state index contributed by atoms with van der Waals surface area (Å²) in [4.78, 5) is 12.7. The van der Waals surface area contributed by atoms with Gasteiger partial charge in [-0.25, -0.2) is 0 Å². The first-order chi connectivity index (χ1) is 5.11. The highest BCUT2D eigenvalue weighted by molar-refractivity contribution is 5.73. The summed E-state index contributed by atoms with van der Waals surface area (Å²) in [6, 6.07) is 0. The second-order valence-corrected chi connectivity index (χ2v) is 2.60. The third kappa shape index (κ3) is 3.98. The van der Waals surface area contributed by atoms with Crippen molar-refractivity contribution in [3.8, 4) is 0 Å². The quantitative estimate of drug-likeness (QED) is 0.609. The van der Waals surface area contributed by atoms with E-state index in [9.17, 15) is 4.79 Å². The van der Waals surface area contributed by atoms with Crippen LogP contribution in [-0.4, -0.2) is 37.1 Å². The number of methoxy groups -OCH3 is 1. The Morgan fingerprint density at radius 2 is 2.18 bits per heavy atom. The molecule has 0 aromatic rings. The van der Waals surface area contributed by atoms with Crippen molar-refractivity contribution in [2.75, 3.05) is 20.2 Å². The normalized spacial score (nSPS) is 12.7. The molecule has 0 spiro atoms. The number of carbonyl (C=O) groups excluding carboxylic acids is 1. The van der Waals surface area contributed by atoms with Gasteiger partial charge in [-0.2, -0.15) is 0 Å². The average Bonchev–Trinajstić information content (AvgIpc) is 1.99. The Morgan fingerprint density at radius 1 is 1.64 bits per heavy atom. The number of hydrogen-bond donors (Lipinski definition) is 0. The van der Waals surface area contributed by atoms with E-state index in [2.05, 4.69) is 0 Å². The van der Waals surface area contributed by atoms with Crippen molar-refractivity contribution in [3.63, 3.8) is 0 Å². The van der Waals surface area contributed by atoms with Crippen molar-refractivity contribution in [2.45, 2.75) is 26.9 Å². The van der Waals surface area contributed by atoms with Crippen LogP contribution in [0.1, 0.15) is 20.8 Å². The second kappa shape index (κ2) is 5.13. The first kappa shape index (κ1) is 10.4. The fraction of sp³-hybridized carbons (Fsp3) is 0.875. The summed E-state index contributed by atoms with van der Waals surface area (Å²) in [6.45, 7) is 6.92. The van der Waals surface area contributed by atoms with Crippen LogP contribution in [0.5, 0.6) is 0 Å². The molecule has 0 aliphatic heterocycles. The van der Waals surface area contributed by atoms with Gasteiger partial charge in [-0.1, -0.05) is 0 Å². The molecular weight excluding hydrogens is 142 g/mol. The van der Waals surface area contributed by atoms with E-state index >= 15 is 0 Å². The molecule has 3 heteroatoms. The van der Waals surface area contributed by atoms with Crippen molar-refractivity contribution in [1.29, 1.82) is 0 Å². The maximum Gasteiger partial charge on any atom is 0.219 e. The molecule has 1 atom stereocenters. The SMILES string of the molecule is CCN(C[C@H](C)OC)C(C)=O. The molecule has 0 N–H and O–H groups in total. The summed E-state index contributed by atoms with van der Waals surface area (Å²) in [6.07, 6.45) is 0.124. The van der Waals surface area contributed by atoms with E-state index in [4.69, 9.17) is 4.74 Å². The molecule has 3 nitrogen and oxygen atoms in total. The van der Waals surface area contributed by atoms with Crippen LogP contribution in [-0.2, 0) is 9.53 Å². The lowest BCUT2D eigenvalue weighted by Gasteiger charge is -2.22. The van der Waals surface area contributed by atoms with E-state index in [0.717, 1.165) is 6.54 Å². The molecular formula is C8H17NO2. The minimum Gasteiger partial charge on any atom is -0.380 e. The number of nitrogens with zero attached hydrogens (tertiary/aromatic N) is 1. The fourth-order valence-corrected chi connectivity index (χ4v) is 0.865. The van der Waals surface area contributed by atoms with Gasteiger partial charge in [0.05, 0.1) is 6.10 Å². The summed E-state index contributed by atoms with van der Waals surface area (Å²) in [5.41, 5.74) is 0. The van der Waals surface area contributed by atoms with Crippen LogP contribution in [0.2, 0.25) is 0 Å². The van der Waals surface area contributed by atoms with Gasteiger partial charge in [-0.3, -0.25) is 4.79 Å². The molecule has 0 rings (SSSR count). The number of amides is 1. The number of rotatable bonds is 4. The minimum atomic E-state index is 0.108. The molecule has 0 unspecified atom stereocenters. The predicted octanol–water partition coefficient (Wildman–Crippen LogP) is 0.890. The summed E-state index contributed by atoms with van der Waals surface area (Å²) in [5, 5.41) is 0. The Kier molecular flexibility index (Phi) is 4.86. The van der Waals surface area contributed by atoms with Crippen LogP contribution < -0.4 is 0 Å². The van der Waals surface area contributed by atoms with Crippen LogP contribution in [0.3, 0.4) is 0 Å². The Balaban J connectivity index is 3.77. The molecule has 0 saturated carbocycles. The van der Waals surface area contributed by atoms with Crippen molar-refractivity contribution in [3.05, 3.63) is 0 Å². The lowest BCUT2D eigenvalue weighted by atomic mass is 10.3. The first-order valence-electron chi connectivity index (χ1n) is 3.90. The third-order valence-electron chi connectivity index (χ3n) is 1.71. The zero-order valence-corrected chi connectivity index (χ0v) is 7.76. The van der Waals surface area contributed by atoms with Crippen LogP contribution in [0, 0.1) is 0 Å². The molecule has 0 fully saturated rings. The molecule has 0 aromatic carbocycles. The summed E-state index contributed by atoms with van der Waals surface area (Å²) >= 11 is 0. The van der Waals surface area contributed by atoms with E-state index in [0.29, 0.717) is 6.54 Å². The molecule has 66 valence electrons. The molecule has 0 heterocycles. The Bertz CT molecular complexity index is 125. The lowest BCUT2D eigenvalue weighted by Crippen LogP contribution is -2.35. The second-order valence-electron chi connectivity index (χ2n) is 2.60. The largest absolute Gasteiger partial charge is 0.380 e. The number of hydrogen-bond acceptors (Lipinski definition) is 2. The Hall–Kier alpha value is -0.570. The maximum absolute atomic E-state index is 10.9. The smallest absolute Gasteiger partial charge is 0.219 e. The topological polar surface area (TPSA) is 29.5 Å². The molecule has 0 aliphatic rings. The predicted molar refractivity (Wildman–Crippen MR) is 44.4 cm³/mol. The van der Waals surface area contributed by atoms with Crippen LogP contribution >= 0.6 is 0 Å². The summed E-state index contributed by atoms with van der Waals surface area (Å²) in [7, 11) is 1.65. The van der Waals surface area contributed by atoms with E-state index < -0.39 is 0 Å². The van der Waals surface area contributed by atoms with Gasteiger partial charge in [0.2, 0.25) is 5.91 Å². The van der Waals surface area contributed by atoms with E-state index in [1.54, 1.807) is 18.9 Å². The van der Waals surface area contributed by atoms with E-state index in [1.165, 1.54) is 0 Å². The molecule has 0 radical (unpaired) electrons. The highest BCUT2D eigenvalue weighted by Gasteiger charge is 2.09. The zero-order chi connectivity index (χ0) is 8.85. The molecule has 0 aromatic heterocycles. The minimum absolute atomic E-state index is 0.108. The summed E-state index contributed by atoms with van der Waals surface area (Å²) in [5.74, 6) is 0.108. The van der Waals surface area contributed by atoms with Gasteiger partial charge in [0.25, 0.3) is 0 Å². The standard InChI is InChI=1S/C8H17NO2/c1-5-9(8(3)10)6-7(2)11-4/h7H,5-6H2,1-4H3/t7-/m0/s1. The van der Waals surface area contributed by atoms with Crippen molar-refractivity contribution < 1.29 is 9.53 Å². The zero-order valence-electron chi connectivity index (χ0n) is 7.76. The lowest BCUT2D eigenvalue weighted by molar-refractivity contribution is -0.130. The van der Waals surface area contributed by atoms with Crippen LogP contribution in [0.15, 0.2) is 0 Å².